The smallest absolute Gasteiger partial charge is 0.430 e. The van der Waals surface area contributed by atoms with Crippen molar-refractivity contribution in [2.75, 3.05) is 11.4 Å². The zero-order chi connectivity index (χ0) is 31.1. The van der Waals surface area contributed by atoms with Crippen molar-refractivity contribution < 1.29 is 54.2 Å². The zero-order valence-corrected chi connectivity index (χ0v) is 21.8. The van der Waals surface area contributed by atoms with E-state index in [1.807, 2.05) is 0 Å². The number of halogens is 9. The maximum absolute atomic E-state index is 13.7. The molecule has 3 aromatic carbocycles. The van der Waals surface area contributed by atoms with Gasteiger partial charge in [0.2, 0.25) is 5.91 Å². The highest BCUT2D eigenvalue weighted by molar-refractivity contribution is 5.98. The van der Waals surface area contributed by atoms with Crippen molar-refractivity contribution in [3.8, 4) is 5.75 Å². The number of ether oxygens (including phenoxy) is 1. The molecular formula is C29H24F9NO3. The van der Waals surface area contributed by atoms with Gasteiger partial charge in [-0.25, -0.2) is 0 Å². The minimum Gasteiger partial charge on any atom is -0.488 e. The Balaban J connectivity index is 1.79. The quantitative estimate of drug-likeness (QED) is 0.306. The number of anilines is 1. The van der Waals surface area contributed by atoms with E-state index in [2.05, 4.69) is 0 Å². The van der Waals surface area contributed by atoms with Crippen molar-refractivity contribution in [1.82, 2.24) is 0 Å². The molecule has 0 aromatic heterocycles. The average molecular weight is 605 g/mol. The molecule has 13 heteroatoms. The molecule has 0 radical (unpaired) electrons. The summed E-state index contributed by atoms with van der Waals surface area (Å²) in [5.41, 5.74) is -7.45. The molecule has 4 nitrogen and oxygen atoms in total. The summed E-state index contributed by atoms with van der Waals surface area (Å²) in [4.78, 5) is 14.8. The molecule has 2 atom stereocenters. The Bertz CT molecular complexity index is 1400. The monoisotopic (exact) mass is 605 g/mol. The van der Waals surface area contributed by atoms with Gasteiger partial charge in [-0.1, -0.05) is 54.6 Å². The van der Waals surface area contributed by atoms with E-state index in [-0.39, 0.29) is 30.6 Å². The fraction of sp³-hybridized carbons (Fsp3) is 0.345. The first-order chi connectivity index (χ1) is 19.4. The fourth-order valence-corrected chi connectivity index (χ4v) is 4.88. The molecule has 0 saturated heterocycles. The van der Waals surface area contributed by atoms with Gasteiger partial charge in [0.15, 0.2) is 0 Å². The Hall–Kier alpha value is -3.74. The van der Waals surface area contributed by atoms with Crippen molar-refractivity contribution in [1.29, 1.82) is 0 Å². The van der Waals surface area contributed by atoms with Crippen molar-refractivity contribution in [2.45, 2.75) is 55.9 Å². The van der Waals surface area contributed by atoms with Gasteiger partial charge in [0.1, 0.15) is 11.9 Å². The van der Waals surface area contributed by atoms with Crippen LogP contribution in [0.1, 0.15) is 41.5 Å². The average Bonchev–Trinajstić information content (AvgIpc) is 3.10. The van der Waals surface area contributed by atoms with E-state index in [0.29, 0.717) is 17.7 Å². The predicted octanol–water partition coefficient (Wildman–Crippen LogP) is 7.55. The first kappa shape index (κ1) is 31.2. The molecule has 0 aliphatic carbocycles. The van der Waals surface area contributed by atoms with Crippen molar-refractivity contribution in [3.05, 3.63) is 95.1 Å². The van der Waals surface area contributed by atoms with Gasteiger partial charge >= 0.3 is 18.5 Å². The standard InChI is InChI=1S/C29H24F9NO3/c1-17(18-7-3-2-4-8-18)25(40)39-16-21(42-24-10-6-5-9-22(24)27(30,31)32)13-11-19-15-20(12-14-23(19)39)26(41,28(33,34)35)29(36,37)38/h2-10,12,14-15,17,21,41H,11,13,16H2,1H3/t17-,21-/m0/s1. The molecule has 42 heavy (non-hydrogen) atoms. The number of nitrogens with zero attached hydrogens (tertiary/aromatic N) is 1. The minimum atomic E-state index is -6.13. The summed E-state index contributed by atoms with van der Waals surface area (Å²) in [5, 5.41) is 9.93. The third kappa shape index (κ3) is 5.92. The predicted molar refractivity (Wildman–Crippen MR) is 134 cm³/mol. The molecule has 0 spiro atoms. The van der Waals surface area contributed by atoms with Crippen molar-refractivity contribution in [3.63, 3.8) is 0 Å². The Morgan fingerprint density at radius 1 is 0.881 bits per heavy atom. The number of carbonyl (C=O) groups is 1. The second kappa shape index (κ2) is 11.2. The minimum absolute atomic E-state index is 0.0477. The maximum Gasteiger partial charge on any atom is 0.430 e. The Morgan fingerprint density at radius 3 is 2.07 bits per heavy atom. The Labute approximate surface area is 234 Å². The molecule has 1 amide bonds. The summed E-state index contributed by atoms with van der Waals surface area (Å²) in [6.07, 6.45) is -18.6. The van der Waals surface area contributed by atoms with Crippen LogP contribution in [0.5, 0.6) is 5.75 Å². The van der Waals surface area contributed by atoms with Crippen LogP contribution < -0.4 is 9.64 Å². The molecule has 0 saturated carbocycles. The lowest BCUT2D eigenvalue weighted by atomic mass is 9.89. The number of para-hydroxylation sites is 1. The van der Waals surface area contributed by atoms with Crippen LogP contribution in [0.4, 0.5) is 45.2 Å². The third-order valence-electron chi connectivity index (χ3n) is 7.15. The van der Waals surface area contributed by atoms with Crippen LogP contribution in [0.3, 0.4) is 0 Å². The summed E-state index contributed by atoms with van der Waals surface area (Å²) in [7, 11) is 0. The van der Waals surface area contributed by atoms with Gasteiger partial charge in [0, 0.05) is 11.3 Å². The van der Waals surface area contributed by atoms with Gasteiger partial charge in [-0.2, -0.15) is 39.5 Å². The third-order valence-corrected chi connectivity index (χ3v) is 7.15. The topological polar surface area (TPSA) is 49.8 Å². The molecule has 4 rings (SSSR count). The van der Waals surface area contributed by atoms with Gasteiger partial charge in [-0.05, 0) is 49.1 Å². The van der Waals surface area contributed by atoms with Gasteiger partial charge in [-0.3, -0.25) is 4.79 Å². The zero-order valence-electron chi connectivity index (χ0n) is 21.8. The van der Waals surface area contributed by atoms with E-state index in [1.54, 1.807) is 30.3 Å². The molecule has 0 fully saturated rings. The first-order valence-corrected chi connectivity index (χ1v) is 12.6. The number of benzene rings is 3. The molecule has 1 N–H and O–H groups in total. The SMILES string of the molecule is C[C@H](C(=O)N1C[C@@H](Oc2ccccc2C(F)(F)F)CCc2cc(C(O)(C(F)(F)F)C(F)(F)F)ccc21)c1ccccc1. The first-order valence-electron chi connectivity index (χ1n) is 12.6. The molecular weight excluding hydrogens is 581 g/mol. The summed E-state index contributed by atoms with van der Waals surface area (Å²) < 4.78 is 128. The lowest BCUT2D eigenvalue weighted by Crippen LogP contribution is -2.54. The lowest BCUT2D eigenvalue weighted by molar-refractivity contribution is -0.376. The molecule has 1 heterocycles. The molecule has 0 unspecified atom stereocenters. The van der Waals surface area contributed by atoms with Crippen molar-refractivity contribution in [2.24, 2.45) is 0 Å². The number of carbonyl (C=O) groups excluding carboxylic acids is 1. The van der Waals surface area contributed by atoms with Crippen LogP contribution in [0.2, 0.25) is 0 Å². The van der Waals surface area contributed by atoms with Crippen LogP contribution >= 0.6 is 0 Å². The van der Waals surface area contributed by atoms with Crippen LogP contribution in [-0.2, 0) is 23.0 Å². The molecule has 0 bridgehead atoms. The van der Waals surface area contributed by atoms with E-state index in [1.165, 1.54) is 13.0 Å². The number of rotatable bonds is 5. The number of aryl methyl sites for hydroxylation is 1. The highest BCUT2D eigenvalue weighted by Gasteiger charge is 2.71. The van der Waals surface area contributed by atoms with Gasteiger partial charge in [0.25, 0.3) is 5.60 Å². The maximum atomic E-state index is 13.7. The molecule has 3 aromatic rings. The highest BCUT2D eigenvalue weighted by atomic mass is 19.4. The van der Waals surface area contributed by atoms with E-state index >= 15 is 0 Å². The van der Waals surface area contributed by atoms with Crippen molar-refractivity contribution >= 4 is 11.6 Å². The van der Waals surface area contributed by atoms with Crippen LogP contribution in [0, 0.1) is 0 Å². The second-order valence-electron chi connectivity index (χ2n) is 9.90. The van der Waals surface area contributed by atoms with Gasteiger partial charge < -0.3 is 14.7 Å². The normalized spacial score (nSPS) is 17.3. The number of alkyl halides is 9. The number of hydrogen-bond acceptors (Lipinski definition) is 3. The molecule has 1 aliphatic rings. The van der Waals surface area contributed by atoms with E-state index in [0.717, 1.165) is 29.2 Å². The number of fused-ring (bicyclic) bond motifs is 1. The molecule has 1 aliphatic heterocycles. The van der Waals surface area contributed by atoms with Gasteiger partial charge in [0.05, 0.1) is 18.0 Å². The van der Waals surface area contributed by atoms with Crippen LogP contribution in [-0.4, -0.2) is 36.0 Å². The van der Waals surface area contributed by atoms with E-state index in [9.17, 15) is 49.4 Å². The summed E-state index contributed by atoms with van der Waals surface area (Å²) in [6, 6.07) is 14.5. The summed E-state index contributed by atoms with van der Waals surface area (Å²) in [5.74, 6) is -2.01. The number of amides is 1. The Kier molecular flexibility index (Phi) is 8.29. The lowest BCUT2D eigenvalue weighted by Gasteiger charge is -2.34. The largest absolute Gasteiger partial charge is 0.488 e. The second-order valence-corrected chi connectivity index (χ2v) is 9.90. The van der Waals surface area contributed by atoms with E-state index in [4.69, 9.17) is 4.74 Å². The van der Waals surface area contributed by atoms with Crippen LogP contribution in [0.25, 0.3) is 0 Å². The van der Waals surface area contributed by atoms with Gasteiger partial charge in [-0.15, -0.1) is 0 Å². The van der Waals surface area contributed by atoms with E-state index < -0.39 is 58.9 Å². The molecule has 226 valence electrons. The number of hydrogen-bond donors (Lipinski definition) is 1. The Morgan fingerprint density at radius 2 is 1.48 bits per heavy atom. The highest BCUT2D eigenvalue weighted by Crippen LogP contribution is 2.51. The summed E-state index contributed by atoms with van der Waals surface area (Å²) in [6.45, 7) is 1.19. The fourth-order valence-electron chi connectivity index (χ4n) is 4.88. The van der Waals surface area contributed by atoms with Crippen LogP contribution in [0.15, 0.2) is 72.8 Å². The summed E-state index contributed by atoms with van der Waals surface area (Å²) >= 11 is 0. The number of aliphatic hydroxyl groups is 1.